The number of aromatic nitrogens is 2. The first-order valence-electron chi connectivity index (χ1n) is 11.9. The smallest absolute Gasteiger partial charge is 0.295 e. The number of ether oxygens (including phenoxy) is 1. The van der Waals surface area contributed by atoms with Gasteiger partial charge in [0, 0.05) is 26.2 Å². The van der Waals surface area contributed by atoms with Crippen LogP contribution in [0.25, 0.3) is 11.4 Å². The average Bonchev–Trinajstić information content (AvgIpc) is 3.41. The first-order chi connectivity index (χ1) is 17.5. The third-order valence-corrected chi connectivity index (χ3v) is 6.75. The zero-order chi connectivity index (χ0) is 25.2. The molecule has 0 aliphatic carbocycles. The highest BCUT2D eigenvalue weighted by atomic mass is 19.1. The van der Waals surface area contributed by atoms with Gasteiger partial charge in [-0.2, -0.15) is 5.10 Å². The molecule has 1 aromatic heterocycles. The molecule has 2 aliphatic rings. The van der Waals surface area contributed by atoms with Crippen molar-refractivity contribution in [3.63, 3.8) is 0 Å². The summed E-state index contributed by atoms with van der Waals surface area (Å²) in [6, 6.07) is 14.2. The van der Waals surface area contributed by atoms with Crippen molar-refractivity contribution in [3.8, 4) is 5.69 Å². The summed E-state index contributed by atoms with van der Waals surface area (Å²) in [6.45, 7) is 5.34. The van der Waals surface area contributed by atoms with Gasteiger partial charge in [-0.25, -0.2) is 9.07 Å². The molecule has 3 aromatic rings. The summed E-state index contributed by atoms with van der Waals surface area (Å²) in [4.78, 5) is 30.1. The number of para-hydroxylation sites is 1. The van der Waals surface area contributed by atoms with E-state index in [2.05, 4.69) is 10.00 Å². The molecule has 0 unspecified atom stereocenters. The van der Waals surface area contributed by atoms with Crippen molar-refractivity contribution < 1.29 is 23.8 Å². The number of hydrogen-bond acceptors (Lipinski definition) is 6. The van der Waals surface area contributed by atoms with Crippen LogP contribution in [0.5, 0.6) is 0 Å². The second kappa shape index (κ2) is 10.0. The number of nitrogens with zero attached hydrogens (tertiary/aromatic N) is 4. The maximum absolute atomic E-state index is 13.7. The molecular weight excluding hydrogens is 463 g/mol. The van der Waals surface area contributed by atoms with Gasteiger partial charge in [0.1, 0.15) is 11.6 Å². The Morgan fingerprint density at radius 3 is 2.44 bits per heavy atom. The summed E-state index contributed by atoms with van der Waals surface area (Å²) in [7, 11) is 0. The predicted molar refractivity (Wildman–Crippen MR) is 131 cm³/mol. The molecule has 0 bridgehead atoms. The standard InChI is InChI=1S/C27H27FN4O4/c1-18-22(17-29-32(18)21-5-3-2-4-6-21)25(33)23-24(19-7-9-20(28)10-8-19)31(27(35)26(23)34)12-11-30-13-15-36-16-14-30/h2-10,17,24,33H,11-16H2,1H3/b25-23+/t24-/m1/s1. The Morgan fingerprint density at radius 1 is 1.06 bits per heavy atom. The van der Waals surface area contributed by atoms with E-state index in [-0.39, 0.29) is 17.9 Å². The second-order valence-electron chi connectivity index (χ2n) is 8.89. The molecule has 0 spiro atoms. The summed E-state index contributed by atoms with van der Waals surface area (Å²) < 4.78 is 20.8. The summed E-state index contributed by atoms with van der Waals surface area (Å²) in [6.07, 6.45) is 1.49. The SMILES string of the molecule is Cc1c(/C(O)=C2\C(=O)C(=O)N(CCN3CCOCC3)[C@@H]2c2ccc(F)cc2)cnn1-c1ccccc1. The van der Waals surface area contributed by atoms with Crippen LogP contribution in [0.3, 0.4) is 0 Å². The quantitative estimate of drug-likeness (QED) is 0.325. The van der Waals surface area contributed by atoms with Crippen molar-refractivity contribution in [2.24, 2.45) is 0 Å². The monoisotopic (exact) mass is 490 g/mol. The fourth-order valence-electron chi connectivity index (χ4n) is 4.79. The molecule has 1 atom stereocenters. The van der Waals surface area contributed by atoms with Gasteiger partial charge in [-0.1, -0.05) is 30.3 Å². The molecule has 2 fully saturated rings. The Labute approximate surface area is 208 Å². The number of likely N-dealkylation sites (tertiary alicyclic amines) is 1. The number of carbonyl (C=O) groups excluding carboxylic acids is 2. The Balaban J connectivity index is 1.55. The number of rotatable bonds is 6. The van der Waals surface area contributed by atoms with Crippen LogP contribution in [0.1, 0.15) is 22.9 Å². The first-order valence-corrected chi connectivity index (χ1v) is 11.9. The summed E-state index contributed by atoms with van der Waals surface area (Å²) >= 11 is 0. The number of aliphatic hydroxyl groups is 1. The number of benzene rings is 2. The lowest BCUT2D eigenvalue weighted by Gasteiger charge is -2.31. The Morgan fingerprint density at radius 2 is 1.75 bits per heavy atom. The molecule has 8 nitrogen and oxygen atoms in total. The number of aliphatic hydroxyl groups excluding tert-OH is 1. The second-order valence-corrected chi connectivity index (χ2v) is 8.89. The van der Waals surface area contributed by atoms with Crippen LogP contribution in [0.15, 0.2) is 66.4 Å². The van der Waals surface area contributed by atoms with Gasteiger partial charge in [-0.3, -0.25) is 14.5 Å². The molecule has 0 saturated carbocycles. The highest BCUT2D eigenvalue weighted by Crippen LogP contribution is 2.40. The number of ketones is 1. The van der Waals surface area contributed by atoms with E-state index in [9.17, 15) is 19.1 Å². The summed E-state index contributed by atoms with van der Waals surface area (Å²) in [5.41, 5.74) is 2.31. The van der Waals surface area contributed by atoms with Gasteiger partial charge in [0.05, 0.1) is 48.0 Å². The normalized spacial score (nSPS) is 20.3. The van der Waals surface area contributed by atoms with Crippen molar-refractivity contribution in [1.29, 1.82) is 0 Å². The van der Waals surface area contributed by atoms with E-state index in [1.807, 2.05) is 30.3 Å². The number of amides is 1. The summed E-state index contributed by atoms with van der Waals surface area (Å²) in [5.74, 6) is -2.18. The Hall–Kier alpha value is -3.82. The molecule has 9 heteroatoms. The van der Waals surface area contributed by atoms with Crippen LogP contribution in [-0.4, -0.2) is 75.8 Å². The van der Waals surface area contributed by atoms with E-state index in [0.29, 0.717) is 36.6 Å². The van der Waals surface area contributed by atoms with Crippen LogP contribution in [0.4, 0.5) is 4.39 Å². The van der Waals surface area contributed by atoms with Crippen LogP contribution in [0.2, 0.25) is 0 Å². The van der Waals surface area contributed by atoms with Crippen LogP contribution >= 0.6 is 0 Å². The number of halogens is 1. The van der Waals surface area contributed by atoms with E-state index in [1.165, 1.54) is 23.2 Å². The van der Waals surface area contributed by atoms with E-state index in [4.69, 9.17) is 4.74 Å². The van der Waals surface area contributed by atoms with Crippen LogP contribution < -0.4 is 0 Å². The molecular formula is C27H27FN4O4. The Kier molecular flexibility index (Phi) is 6.67. The maximum Gasteiger partial charge on any atom is 0.295 e. The minimum atomic E-state index is -0.842. The van der Waals surface area contributed by atoms with Gasteiger partial charge in [0.15, 0.2) is 0 Å². The zero-order valence-corrected chi connectivity index (χ0v) is 19.9. The molecule has 1 amide bonds. The van der Waals surface area contributed by atoms with Gasteiger partial charge >= 0.3 is 0 Å². The van der Waals surface area contributed by atoms with Crippen molar-refractivity contribution in [1.82, 2.24) is 19.6 Å². The van der Waals surface area contributed by atoms with Gasteiger partial charge in [-0.05, 0) is 36.8 Å². The van der Waals surface area contributed by atoms with Crippen molar-refractivity contribution in [2.45, 2.75) is 13.0 Å². The third kappa shape index (κ3) is 4.43. The lowest BCUT2D eigenvalue weighted by molar-refractivity contribution is -0.140. The molecule has 0 radical (unpaired) electrons. The topological polar surface area (TPSA) is 87.9 Å². The average molecular weight is 491 g/mol. The molecule has 1 N–H and O–H groups in total. The van der Waals surface area contributed by atoms with Gasteiger partial charge in [-0.15, -0.1) is 0 Å². The number of Topliss-reactive ketones (excluding diaryl/α,β-unsaturated/α-hetero) is 1. The van der Waals surface area contributed by atoms with Gasteiger partial charge < -0.3 is 14.7 Å². The van der Waals surface area contributed by atoms with Crippen molar-refractivity contribution in [2.75, 3.05) is 39.4 Å². The lowest BCUT2D eigenvalue weighted by Crippen LogP contribution is -2.42. The minimum absolute atomic E-state index is 0.0238. The number of hydrogen-bond donors (Lipinski definition) is 1. The molecule has 2 aromatic carbocycles. The van der Waals surface area contributed by atoms with Crippen LogP contribution in [0, 0.1) is 12.7 Å². The number of morpholine rings is 1. The highest BCUT2D eigenvalue weighted by molar-refractivity contribution is 6.46. The molecule has 5 rings (SSSR count). The molecule has 36 heavy (non-hydrogen) atoms. The Bertz CT molecular complexity index is 1300. The van der Waals surface area contributed by atoms with Crippen LogP contribution in [-0.2, 0) is 14.3 Å². The highest BCUT2D eigenvalue weighted by Gasteiger charge is 2.46. The van der Waals surface area contributed by atoms with E-state index in [0.717, 1.165) is 18.8 Å². The third-order valence-electron chi connectivity index (χ3n) is 6.75. The molecule has 186 valence electrons. The largest absolute Gasteiger partial charge is 0.507 e. The lowest BCUT2D eigenvalue weighted by atomic mass is 9.95. The maximum atomic E-state index is 13.7. The van der Waals surface area contributed by atoms with E-state index >= 15 is 0 Å². The van der Waals surface area contributed by atoms with Crippen molar-refractivity contribution in [3.05, 3.63) is 89.0 Å². The van der Waals surface area contributed by atoms with Crippen molar-refractivity contribution >= 4 is 17.4 Å². The first kappa shape index (κ1) is 23.9. The fourth-order valence-corrected chi connectivity index (χ4v) is 4.79. The van der Waals surface area contributed by atoms with E-state index in [1.54, 1.807) is 23.7 Å². The van der Waals surface area contributed by atoms with E-state index < -0.39 is 23.5 Å². The number of carbonyl (C=O) groups is 2. The molecule has 3 heterocycles. The fraction of sp³-hybridized carbons (Fsp3) is 0.296. The van der Waals surface area contributed by atoms with Gasteiger partial charge in [0.25, 0.3) is 11.7 Å². The molecule has 2 saturated heterocycles. The van der Waals surface area contributed by atoms with Gasteiger partial charge in [0.2, 0.25) is 0 Å². The molecule has 2 aliphatic heterocycles. The minimum Gasteiger partial charge on any atom is -0.507 e. The zero-order valence-electron chi connectivity index (χ0n) is 19.9. The summed E-state index contributed by atoms with van der Waals surface area (Å²) in [5, 5.41) is 15.8. The predicted octanol–water partition coefficient (Wildman–Crippen LogP) is 3.07.